The van der Waals surface area contributed by atoms with Gasteiger partial charge in [0, 0.05) is 22.8 Å². The number of likely N-dealkylation sites (tertiary alicyclic amines) is 1. The number of nitrogens with zero attached hydrogens (tertiary/aromatic N) is 1. The molecule has 1 amide bonds. The molecule has 1 aromatic rings. The van der Waals surface area contributed by atoms with Crippen LogP contribution in [0.2, 0.25) is 5.02 Å². The van der Waals surface area contributed by atoms with Gasteiger partial charge in [-0.05, 0) is 51.3 Å². The van der Waals surface area contributed by atoms with Crippen molar-refractivity contribution in [1.82, 2.24) is 4.90 Å². The molecule has 2 atom stereocenters. The molecule has 0 unspecified atom stereocenters. The molecule has 1 aromatic carbocycles. The van der Waals surface area contributed by atoms with Gasteiger partial charge >= 0.3 is 0 Å². The Hall–Kier alpha value is -1.22. The van der Waals surface area contributed by atoms with Gasteiger partial charge in [0.1, 0.15) is 0 Å². The van der Waals surface area contributed by atoms with Crippen molar-refractivity contribution in [1.29, 1.82) is 0 Å². The lowest BCUT2D eigenvalue weighted by Crippen LogP contribution is -2.47. The van der Waals surface area contributed by atoms with Crippen LogP contribution in [0.15, 0.2) is 18.2 Å². The van der Waals surface area contributed by atoms with E-state index in [0.717, 1.165) is 12.8 Å². The maximum atomic E-state index is 12.6. The molecule has 0 radical (unpaired) electrons. The average Bonchev–Trinajstić information content (AvgIpc) is 2.32. The van der Waals surface area contributed by atoms with Crippen LogP contribution in [0.25, 0.3) is 0 Å². The highest BCUT2D eigenvalue weighted by Gasteiger charge is 2.30. The van der Waals surface area contributed by atoms with Gasteiger partial charge in [0.15, 0.2) is 0 Å². The van der Waals surface area contributed by atoms with Crippen molar-refractivity contribution in [2.75, 3.05) is 5.73 Å². The number of carbonyl (C=O) groups is 1. The molecule has 0 aromatic heterocycles. The van der Waals surface area contributed by atoms with Crippen molar-refractivity contribution in [3.05, 3.63) is 28.8 Å². The van der Waals surface area contributed by atoms with Gasteiger partial charge in [-0.1, -0.05) is 11.6 Å². The number of rotatable bonds is 1. The molecule has 0 aliphatic carbocycles. The Morgan fingerprint density at radius 3 is 2.56 bits per heavy atom. The van der Waals surface area contributed by atoms with Gasteiger partial charge in [-0.2, -0.15) is 0 Å². The first-order chi connectivity index (χ1) is 8.50. The predicted octanol–water partition coefficient (Wildman–Crippen LogP) is 3.33. The minimum atomic E-state index is -0.00491. The Bertz CT molecular complexity index is 451. The van der Waals surface area contributed by atoms with Crippen LogP contribution >= 0.6 is 11.6 Å². The Balaban J connectivity index is 2.32. The number of hydrogen-bond acceptors (Lipinski definition) is 2. The summed E-state index contributed by atoms with van der Waals surface area (Å²) in [7, 11) is 0. The second kappa shape index (κ2) is 5.19. The Kier molecular flexibility index (Phi) is 3.81. The molecule has 1 fully saturated rings. The molecule has 0 bridgehead atoms. The molecule has 4 heteroatoms. The molecule has 1 aliphatic heterocycles. The van der Waals surface area contributed by atoms with Crippen molar-refractivity contribution in [2.24, 2.45) is 0 Å². The van der Waals surface area contributed by atoms with Crippen molar-refractivity contribution in [3.63, 3.8) is 0 Å². The third-order valence-corrected chi connectivity index (χ3v) is 3.91. The van der Waals surface area contributed by atoms with Crippen LogP contribution < -0.4 is 5.73 Å². The summed E-state index contributed by atoms with van der Waals surface area (Å²) in [6.45, 7) is 4.18. The summed E-state index contributed by atoms with van der Waals surface area (Å²) >= 11 is 5.95. The second-order valence-corrected chi connectivity index (χ2v) is 5.51. The molecule has 0 saturated carbocycles. The standard InChI is InChI=1S/C14H19ClN2O/c1-9-4-3-5-10(2)17(9)14(18)12-8-11(15)6-7-13(12)16/h6-10H,3-5,16H2,1-2H3/t9-,10-/m1/s1. The van der Waals surface area contributed by atoms with Crippen LogP contribution in [0.3, 0.4) is 0 Å². The van der Waals surface area contributed by atoms with Crippen LogP contribution in [0.5, 0.6) is 0 Å². The fourth-order valence-electron chi connectivity index (χ4n) is 2.67. The molecular formula is C14H19ClN2O. The van der Waals surface area contributed by atoms with Crippen LogP contribution in [0.1, 0.15) is 43.5 Å². The molecule has 2 N–H and O–H groups in total. The quantitative estimate of drug-likeness (QED) is 0.793. The molecule has 0 spiro atoms. The lowest BCUT2D eigenvalue weighted by molar-refractivity contribution is 0.0512. The minimum absolute atomic E-state index is 0.00491. The Labute approximate surface area is 113 Å². The lowest BCUT2D eigenvalue weighted by atomic mass is 9.96. The van der Waals surface area contributed by atoms with Crippen molar-refractivity contribution < 1.29 is 4.79 Å². The van der Waals surface area contributed by atoms with Gasteiger partial charge < -0.3 is 10.6 Å². The highest BCUT2D eigenvalue weighted by Crippen LogP contribution is 2.27. The van der Waals surface area contributed by atoms with Crippen molar-refractivity contribution >= 4 is 23.2 Å². The van der Waals surface area contributed by atoms with Gasteiger partial charge in [0.25, 0.3) is 5.91 Å². The summed E-state index contributed by atoms with van der Waals surface area (Å²) in [5.41, 5.74) is 6.89. The molecule has 1 heterocycles. The van der Waals surface area contributed by atoms with Gasteiger partial charge in [0.05, 0.1) is 5.56 Å². The number of piperidine rings is 1. The van der Waals surface area contributed by atoms with Gasteiger partial charge in [0.2, 0.25) is 0 Å². The van der Waals surface area contributed by atoms with Crippen LogP contribution in [-0.4, -0.2) is 22.9 Å². The highest BCUT2D eigenvalue weighted by molar-refractivity contribution is 6.31. The van der Waals surface area contributed by atoms with Crippen LogP contribution in [0, 0.1) is 0 Å². The van der Waals surface area contributed by atoms with E-state index in [9.17, 15) is 4.79 Å². The number of benzene rings is 1. The third-order valence-electron chi connectivity index (χ3n) is 3.67. The number of halogens is 1. The van der Waals surface area contributed by atoms with E-state index in [1.807, 2.05) is 4.90 Å². The molecule has 3 nitrogen and oxygen atoms in total. The number of nitrogen functional groups attached to an aromatic ring is 1. The van der Waals surface area contributed by atoms with Gasteiger partial charge in [-0.25, -0.2) is 0 Å². The van der Waals surface area contributed by atoms with E-state index in [1.165, 1.54) is 6.42 Å². The fourth-order valence-corrected chi connectivity index (χ4v) is 2.85. The summed E-state index contributed by atoms with van der Waals surface area (Å²) < 4.78 is 0. The first-order valence-electron chi connectivity index (χ1n) is 6.38. The number of carbonyl (C=O) groups excluding carboxylic acids is 1. The molecule has 2 rings (SSSR count). The summed E-state index contributed by atoms with van der Waals surface area (Å²) in [6.07, 6.45) is 3.28. The lowest BCUT2D eigenvalue weighted by Gasteiger charge is -2.39. The molecule has 18 heavy (non-hydrogen) atoms. The zero-order valence-electron chi connectivity index (χ0n) is 10.8. The maximum absolute atomic E-state index is 12.6. The molecular weight excluding hydrogens is 248 g/mol. The number of hydrogen-bond donors (Lipinski definition) is 1. The first-order valence-corrected chi connectivity index (χ1v) is 6.76. The fraction of sp³-hybridized carbons (Fsp3) is 0.500. The Morgan fingerprint density at radius 2 is 1.94 bits per heavy atom. The van der Waals surface area contributed by atoms with Crippen LogP contribution in [0.4, 0.5) is 5.69 Å². The first kappa shape index (κ1) is 13.2. The van der Waals surface area contributed by atoms with Gasteiger partial charge in [-0.3, -0.25) is 4.79 Å². The monoisotopic (exact) mass is 266 g/mol. The minimum Gasteiger partial charge on any atom is -0.398 e. The Morgan fingerprint density at radius 1 is 1.33 bits per heavy atom. The number of nitrogens with two attached hydrogens (primary N) is 1. The van der Waals surface area contributed by atoms with E-state index >= 15 is 0 Å². The zero-order valence-corrected chi connectivity index (χ0v) is 11.6. The number of amides is 1. The van der Waals surface area contributed by atoms with Crippen LogP contribution in [-0.2, 0) is 0 Å². The van der Waals surface area contributed by atoms with E-state index < -0.39 is 0 Å². The van der Waals surface area contributed by atoms with Gasteiger partial charge in [-0.15, -0.1) is 0 Å². The average molecular weight is 267 g/mol. The number of anilines is 1. The van der Waals surface area contributed by atoms with E-state index in [0.29, 0.717) is 16.3 Å². The molecule has 1 aliphatic rings. The second-order valence-electron chi connectivity index (χ2n) is 5.07. The summed E-state index contributed by atoms with van der Waals surface area (Å²) in [5.74, 6) is -0.00491. The molecule has 1 saturated heterocycles. The normalized spacial score (nSPS) is 24.1. The highest BCUT2D eigenvalue weighted by atomic mass is 35.5. The van der Waals surface area contributed by atoms with Crippen molar-refractivity contribution in [2.45, 2.75) is 45.2 Å². The largest absolute Gasteiger partial charge is 0.398 e. The van der Waals surface area contributed by atoms with E-state index in [4.69, 9.17) is 17.3 Å². The summed E-state index contributed by atoms with van der Waals surface area (Å²) in [4.78, 5) is 14.5. The topological polar surface area (TPSA) is 46.3 Å². The van der Waals surface area contributed by atoms with Crippen molar-refractivity contribution in [3.8, 4) is 0 Å². The summed E-state index contributed by atoms with van der Waals surface area (Å²) in [6, 6.07) is 5.58. The zero-order chi connectivity index (χ0) is 13.3. The molecule has 98 valence electrons. The summed E-state index contributed by atoms with van der Waals surface area (Å²) in [5, 5.41) is 0.546. The smallest absolute Gasteiger partial charge is 0.256 e. The van der Waals surface area contributed by atoms with E-state index in [-0.39, 0.29) is 18.0 Å². The maximum Gasteiger partial charge on any atom is 0.256 e. The van der Waals surface area contributed by atoms with E-state index in [2.05, 4.69) is 13.8 Å². The third kappa shape index (κ3) is 2.46. The SMILES string of the molecule is C[C@@H]1CCC[C@@H](C)N1C(=O)c1cc(Cl)ccc1N. The van der Waals surface area contributed by atoms with E-state index in [1.54, 1.807) is 18.2 Å². The predicted molar refractivity (Wildman–Crippen MR) is 74.8 cm³/mol.